The van der Waals surface area contributed by atoms with Crippen LogP contribution in [0.4, 0.5) is 19.3 Å². The Balaban J connectivity index is 1.52. The van der Waals surface area contributed by atoms with Crippen LogP contribution in [-0.2, 0) is 4.79 Å². The van der Waals surface area contributed by atoms with E-state index < -0.39 is 11.6 Å². The molecule has 0 radical (unpaired) electrons. The van der Waals surface area contributed by atoms with Gasteiger partial charge >= 0.3 is 6.03 Å². The molecule has 3 aliphatic heterocycles. The zero-order valence-corrected chi connectivity index (χ0v) is 12.5. The van der Waals surface area contributed by atoms with Crippen LogP contribution in [0.1, 0.15) is 19.3 Å². The lowest BCUT2D eigenvalue weighted by Crippen LogP contribution is -2.43. The van der Waals surface area contributed by atoms with Crippen molar-refractivity contribution in [3.8, 4) is 0 Å². The monoisotopic (exact) mass is 321 g/mol. The molecule has 0 bridgehead atoms. The SMILES string of the molecule is O=C1[C@@H]2CCCN2C(=O)N1[C@@H]1CCN(c2ccc(F)cc2F)C1. The maximum atomic E-state index is 13.9. The summed E-state index contributed by atoms with van der Waals surface area (Å²) in [6, 6.07) is 2.70. The van der Waals surface area contributed by atoms with E-state index in [9.17, 15) is 18.4 Å². The number of halogens is 2. The number of fused-ring (bicyclic) bond motifs is 1. The molecule has 3 aliphatic rings. The van der Waals surface area contributed by atoms with Crippen LogP contribution >= 0.6 is 0 Å². The Kier molecular flexibility index (Phi) is 3.25. The fraction of sp³-hybridized carbons (Fsp3) is 0.500. The Labute approximate surface area is 132 Å². The van der Waals surface area contributed by atoms with Crippen molar-refractivity contribution >= 4 is 17.6 Å². The minimum absolute atomic E-state index is 0.126. The molecule has 122 valence electrons. The topological polar surface area (TPSA) is 43.9 Å². The van der Waals surface area contributed by atoms with Crippen LogP contribution in [-0.4, -0.2) is 53.5 Å². The van der Waals surface area contributed by atoms with E-state index in [0.29, 0.717) is 31.7 Å². The second-order valence-electron chi connectivity index (χ2n) is 6.33. The number of anilines is 1. The van der Waals surface area contributed by atoms with Gasteiger partial charge in [-0.2, -0.15) is 0 Å². The molecule has 0 spiro atoms. The predicted molar refractivity (Wildman–Crippen MR) is 78.9 cm³/mol. The highest BCUT2D eigenvalue weighted by Gasteiger charge is 2.50. The van der Waals surface area contributed by atoms with Gasteiger partial charge < -0.3 is 9.80 Å². The summed E-state index contributed by atoms with van der Waals surface area (Å²) >= 11 is 0. The van der Waals surface area contributed by atoms with Crippen LogP contribution in [0.15, 0.2) is 18.2 Å². The maximum absolute atomic E-state index is 13.9. The second-order valence-corrected chi connectivity index (χ2v) is 6.33. The lowest BCUT2D eigenvalue weighted by Gasteiger charge is -2.24. The van der Waals surface area contributed by atoms with E-state index in [1.165, 1.54) is 17.0 Å². The summed E-state index contributed by atoms with van der Waals surface area (Å²) in [5.74, 6) is -1.36. The highest BCUT2D eigenvalue weighted by molar-refractivity contribution is 6.05. The molecule has 23 heavy (non-hydrogen) atoms. The minimum atomic E-state index is -0.620. The van der Waals surface area contributed by atoms with Gasteiger partial charge in [-0.3, -0.25) is 9.69 Å². The van der Waals surface area contributed by atoms with Crippen LogP contribution in [0.3, 0.4) is 0 Å². The number of benzene rings is 1. The lowest BCUT2D eigenvalue weighted by molar-refractivity contribution is -0.129. The molecule has 7 heteroatoms. The Morgan fingerprint density at radius 3 is 2.65 bits per heavy atom. The first kappa shape index (κ1) is 14.4. The second kappa shape index (κ2) is 5.18. The van der Waals surface area contributed by atoms with Crippen LogP contribution in [0.2, 0.25) is 0 Å². The van der Waals surface area contributed by atoms with Gasteiger partial charge in [-0.25, -0.2) is 13.6 Å². The van der Waals surface area contributed by atoms with E-state index in [1.54, 1.807) is 9.80 Å². The van der Waals surface area contributed by atoms with E-state index in [4.69, 9.17) is 0 Å². The molecule has 4 rings (SSSR count). The number of hydrogen-bond donors (Lipinski definition) is 0. The van der Waals surface area contributed by atoms with Gasteiger partial charge in [0.25, 0.3) is 5.91 Å². The van der Waals surface area contributed by atoms with Gasteiger partial charge in [0.15, 0.2) is 0 Å². The van der Waals surface area contributed by atoms with Crippen molar-refractivity contribution < 1.29 is 18.4 Å². The molecule has 0 unspecified atom stereocenters. The fourth-order valence-corrected chi connectivity index (χ4v) is 3.89. The molecule has 3 heterocycles. The van der Waals surface area contributed by atoms with Gasteiger partial charge in [-0.05, 0) is 31.4 Å². The summed E-state index contributed by atoms with van der Waals surface area (Å²) in [4.78, 5) is 29.7. The normalized spacial score (nSPS) is 27.3. The van der Waals surface area contributed by atoms with Crippen molar-refractivity contribution in [2.75, 3.05) is 24.5 Å². The van der Waals surface area contributed by atoms with Gasteiger partial charge in [-0.1, -0.05) is 0 Å². The molecule has 3 saturated heterocycles. The number of amides is 3. The number of carbonyl (C=O) groups is 2. The average Bonchev–Trinajstić information content (AvgIpc) is 3.19. The smallest absolute Gasteiger partial charge is 0.327 e. The van der Waals surface area contributed by atoms with Gasteiger partial charge in [0.1, 0.15) is 17.7 Å². The zero-order chi connectivity index (χ0) is 16.1. The molecule has 0 aromatic heterocycles. The standard InChI is InChI=1S/C16H17F2N3O2/c17-10-3-4-13(12(18)8-10)19-7-5-11(9-19)21-15(22)14-2-1-6-20(14)16(21)23/h3-4,8,11,14H,1-2,5-7,9H2/t11-,14+/m1/s1. The Hall–Kier alpha value is -2.18. The molecule has 3 amide bonds. The van der Waals surface area contributed by atoms with Crippen molar-refractivity contribution in [1.82, 2.24) is 9.80 Å². The molecule has 0 N–H and O–H groups in total. The highest BCUT2D eigenvalue weighted by atomic mass is 19.1. The number of rotatable bonds is 2. The highest BCUT2D eigenvalue weighted by Crippen LogP contribution is 2.33. The summed E-state index contributed by atoms with van der Waals surface area (Å²) in [5, 5.41) is 0. The van der Waals surface area contributed by atoms with E-state index in [1.807, 2.05) is 0 Å². The summed E-state index contributed by atoms with van der Waals surface area (Å²) < 4.78 is 26.9. The summed E-state index contributed by atoms with van der Waals surface area (Å²) in [5.41, 5.74) is 0.313. The third-order valence-electron chi connectivity index (χ3n) is 5.01. The minimum Gasteiger partial charge on any atom is -0.367 e. The van der Waals surface area contributed by atoms with E-state index in [2.05, 4.69) is 0 Å². The van der Waals surface area contributed by atoms with Gasteiger partial charge in [-0.15, -0.1) is 0 Å². The molecular weight excluding hydrogens is 304 g/mol. The van der Waals surface area contributed by atoms with Crippen LogP contribution < -0.4 is 4.90 Å². The average molecular weight is 321 g/mol. The fourth-order valence-electron chi connectivity index (χ4n) is 3.89. The first-order valence-electron chi connectivity index (χ1n) is 7.90. The molecule has 5 nitrogen and oxygen atoms in total. The number of hydrogen-bond acceptors (Lipinski definition) is 3. The third kappa shape index (κ3) is 2.17. The molecule has 1 aromatic carbocycles. The number of urea groups is 1. The molecule has 0 aliphatic carbocycles. The van der Waals surface area contributed by atoms with Gasteiger partial charge in [0.2, 0.25) is 0 Å². The molecule has 2 atom stereocenters. The van der Waals surface area contributed by atoms with E-state index >= 15 is 0 Å². The van der Waals surface area contributed by atoms with Crippen molar-refractivity contribution in [2.24, 2.45) is 0 Å². The molecule has 3 fully saturated rings. The number of nitrogens with zero attached hydrogens (tertiary/aromatic N) is 3. The first-order chi connectivity index (χ1) is 11.1. The van der Waals surface area contributed by atoms with Crippen molar-refractivity contribution in [3.05, 3.63) is 29.8 Å². The molecule has 0 saturated carbocycles. The van der Waals surface area contributed by atoms with E-state index in [-0.39, 0.29) is 24.0 Å². The van der Waals surface area contributed by atoms with Gasteiger partial charge in [0, 0.05) is 25.7 Å². The summed E-state index contributed by atoms with van der Waals surface area (Å²) in [6.07, 6.45) is 2.20. The molecular formula is C16H17F2N3O2. The van der Waals surface area contributed by atoms with Crippen molar-refractivity contribution in [2.45, 2.75) is 31.3 Å². The Morgan fingerprint density at radius 2 is 1.91 bits per heavy atom. The van der Waals surface area contributed by atoms with E-state index in [0.717, 1.165) is 18.9 Å². The maximum Gasteiger partial charge on any atom is 0.327 e. The van der Waals surface area contributed by atoms with Crippen molar-refractivity contribution in [3.63, 3.8) is 0 Å². The number of imide groups is 1. The summed E-state index contributed by atoms with van der Waals surface area (Å²) in [7, 11) is 0. The third-order valence-corrected chi connectivity index (χ3v) is 5.01. The Bertz CT molecular complexity index is 659. The van der Waals surface area contributed by atoms with Crippen LogP contribution in [0.5, 0.6) is 0 Å². The zero-order valence-electron chi connectivity index (χ0n) is 12.5. The van der Waals surface area contributed by atoms with Gasteiger partial charge in [0.05, 0.1) is 11.7 Å². The van der Waals surface area contributed by atoms with Crippen LogP contribution in [0, 0.1) is 11.6 Å². The quantitative estimate of drug-likeness (QED) is 0.782. The first-order valence-corrected chi connectivity index (χ1v) is 7.90. The lowest BCUT2D eigenvalue weighted by atomic mass is 10.2. The Morgan fingerprint density at radius 1 is 1.09 bits per heavy atom. The van der Waals surface area contributed by atoms with Crippen molar-refractivity contribution in [1.29, 1.82) is 0 Å². The number of carbonyl (C=O) groups excluding carboxylic acids is 2. The summed E-state index contributed by atoms with van der Waals surface area (Å²) in [6.45, 7) is 1.56. The largest absolute Gasteiger partial charge is 0.367 e. The predicted octanol–water partition coefficient (Wildman–Crippen LogP) is 1.97. The van der Waals surface area contributed by atoms with Crippen LogP contribution in [0.25, 0.3) is 0 Å². The molecule has 1 aromatic rings.